The Kier molecular flexibility index (Phi) is 16.8. The molecule has 15 heteroatoms. The summed E-state index contributed by atoms with van der Waals surface area (Å²) in [6.45, 7) is 3.37. The number of nitriles is 1. The molecule has 0 radical (unpaired) electrons. The van der Waals surface area contributed by atoms with Crippen molar-refractivity contribution in [2.24, 2.45) is 17.6 Å². The number of aryl methyl sites for hydroxylation is 1. The number of nitrogens with one attached hydrogen (secondary N) is 4. The lowest BCUT2D eigenvalue weighted by molar-refractivity contribution is 0.356. The van der Waals surface area contributed by atoms with Gasteiger partial charge >= 0.3 is 0 Å². The molecule has 2 aliphatic carbocycles. The summed E-state index contributed by atoms with van der Waals surface area (Å²) in [6, 6.07) is 12.3. The lowest BCUT2D eigenvalue weighted by atomic mass is 9.84. The van der Waals surface area contributed by atoms with Gasteiger partial charge in [-0.25, -0.2) is 31.3 Å². The normalized spacial score (nSPS) is 15.4. The Labute approximate surface area is 298 Å². The van der Waals surface area contributed by atoms with Crippen LogP contribution in [0.15, 0.2) is 46.2 Å². The molecule has 3 aromatic rings. The standard InChI is InChI=1S/C17H24N4O2S.C15H20N2O2S.C2H6N2.ClH/c1-12-19-17(21-20-12)16-11-15(24(22,23)18-2)9-8-14(16)10-13-6-4-3-5-7-13;1-17-20(18,19)15-8-7-13(14(10-15)11-16)9-12-5-3-2-4-6-12;1-2(3)4;/h8-9,11,13,18H,3-7,10H2,1-2H3,(H,19,20,21);7-8,10,12,17H,2-6,9H2,1H3;1H3,(H3,3,4);1H. The summed E-state index contributed by atoms with van der Waals surface area (Å²) < 4.78 is 52.4. The number of nitrogens with two attached hydrogens (primary N) is 1. The Bertz CT molecular complexity index is 1770. The molecule has 0 aliphatic heterocycles. The van der Waals surface area contributed by atoms with E-state index in [1.807, 2.05) is 13.0 Å². The molecule has 5 rings (SSSR count). The van der Waals surface area contributed by atoms with Gasteiger partial charge in [-0.05, 0) is 88.0 Å². The molecule has 0 atom stereocenters. The molecular formula is C34H51ClN8O4S2. The summed E-state index contributed by atoms with van der Waals surface area (Å²) in [4.78, 5) is 4.80. The zero-order valence-electron chi connectivity index (χ0n) is 28.9. The maximum absolute atomic E-state index is 12.1. The van der Waals surface area contributed by atoms with Gasteiger partial charge in [0.15, 0.2) is 5.82 Å². The smallest absolute Gasteiger partial charge is 0.240 e. The van der Waals surface area contributed by atoms with Crippen molar-refractivity contribution in [3.05, 3.63) is 58.9 Å². The zero-order valence-corrected chi connectivity index (χ0v) is 31.3. The molecule has 270 valence electrons. The number of amidine groups is 1. The first-order valence-electron chi connectivity index (χ1n) is 16.5. The molecule has 0 bridgehead atoms. The summed E-state index contributed by atoms with van der Waals surface area (Å²) >= 11 is 0. The summed E-state index contributed by atoms with van der Waals surface area (Å²) in [6.07, 6.45) is 14.4. The van der Waals surface area contributed by atoms with E-state index < -0.39 is 20.0 Å². The van der Waals surface area contributed by atoms with E-state index >= 15 is 0 Å². The van der Waals surface area contributed by atoms with Gasteiger partial charge in [0, 0.05) is 5.56 Å². The molecule has 6 N–H and O–H groups in total. The highest BCUT2D eigenvalue weighted by molar-refractivity contribution is 7.89. The number of aromatic nitrogens is 3. The quantitative estimate of drug-likeness (QED) is 0.134. The van der Waals surface area contributed by atoms with Crippen molar-refractivity contribution in [1.29, 1.82) is 10.7 Å². The number of H-pyrrole nitrogens is 1. The number of hydrogen-bond donors (Lipinski definition) is 5. The Morgan fingerprint density at radius 1 is 0.878 bits per heavy atom. The Hall–Kier alpha value is -3.35. The van der Waals surface area contributed by atoms with E-state index in [1.54, 1.807) is 24.3 Å². The predicted molar refractivity (Wildman–Crippen MR) is 196 cm³/mol. The maximum atomic E-state index is 12.1. The minimum atomic E-state index is -3.49. The van der Waals surface area contributed by atoms with Gasteiger partial charge in [0.1, 0.15) is 5.82 Å². The van der Waals surface area contributed by atoms with Crippen molar-refractivity contribution >= 4 is 38.3 Å². The van der Waals surface area contributed by atoms with E-state index in [9.17, 15) is 22.1 Å². The van der Waals surface area contributed by atoms with Crippen molar-refractivity contribution in [2.75, 3.05) is 14.1 Å². The van der Waals surface area contributed by atoms with Crippen LogP contribution >= 0.6 is 12.4 Å². The van der Waals surface area contributed by atoms with Crippen LogP contribution in [0.4, 0.5) is 0 Å². The van der Waals surface area contributed by atoms with Crippen molar-refractivity contribution in [2.45, 2.75) is 101 Å². The van der Waals surface area contributed by atoms with E-state index in [0.717, 1.165) is 35.4 Å². The van der Waals surface area contributed by atoms with Gasteiger partial charge in [-0.2, -0.15) is 10.4 Å². The molecule has 0 spiro atoms. The summed E-state index contributed by atoms with van der Waals surface area (Å²) in [7, 11) is -4.18. The third-order valence-electron chi connectivity index (χ3n) is 8.75. The van der Waals surface area contributed by atoms with E-state index in [2.05, 4.69) is 30.7 Å². The fraction of sp³-hybridized carbons (Fsp3) is 0.529. The van der Waals surface area contributed by atoms with E-state index in [1.165, 1.54) is 91.3 Å². The van der Waals surface area contributed by atoms with Crippen LogP contribution in [-0.2, 0) is 32.9 Å². The van der Waals surface area contributed by atoms with Crippen LogP contribution < -0.4 is 15.2 Å². The van der Waals surface area contributed by atoms with Crippen LogP contribution in [0.1, 0.15) is 93.6 Å². The summed E-state index contributed by atoms with van der Waals surface area (Å²) in [5.74, 6) is 2.73. The van der Waals surface area contributed by atoms with Crippen molar-refractivity contribution < 1.29 is 16.8 Å². The van der Waals surface area contributed by atoms with Gasteiger partial charge < -0.3 is 5.73 Å². The molecule has 1 aromatic heterocycles. The van der Waals surface area contributed by atoms with Gasteiger partial charge in [-0.3, -0.25) is 10.5 Å². The molecule has 0 unspecified atom stereocenters. The average Bonchev–Trinajstić information content (AvgIpc) is 3.51. The highest BCUT2D eigenvalue weighted by atomic mass is 35.5. The molecular weight excluding hydrogens is 684 g/mol. The number of benzene rings is 2. The third-order valence-corrected chi connectivity index (χ3v) is 11.6. The molecule has 2 fully saturated rings. The van der Waals surface area contributed by atoms with Gasteiger partial charge in [0.2, 0.25) is 20.0 Å². The molecule has 0 saturated heterocycles. The predicted octanol–water partition coefficient (Wildman–Crippen LogP) is 5.76. The van der Waals surface area contributed by atoms with Crippen LogP contribution in [0.2, 0.25) is 0 Å². The Balaban J connectivity index is 0.000000305. The van der Waals surface area contributed by atoms with Crippen molar-refractivity contribution in [3.8, 4) is 17.5 Å². The molecule has 49 heavy (non-hydrogen) atoms. The maximum Gasteiger partial charge on any atom is 0.240 e. The Morgan fingerprint density at radius 2 is 1.33 bits per heavy atom. The second kappa shape index (κ2) is 19.7. The minimum Gasteiger partial charge on any atom is -0.388 e. The average molecular weight is 735 g/mol. The molecule has 2 saturated carbocycles. The summed E-state index contributed by atoms with van der Waals surface area (Å²) in [5.41, 5.74) is 8.07. The lowest BCUT2D eigenvalue weighted by Crippen LogP contribution is -2.19. The lowest BCUT2D eigenvalue weighted by Gasteiger charge is -2.22. The first-order chi connectivity index (χ1) is 22.8. The first-order valence-corrected chi connectivity index (χ1v) is 19.5. The van der Waals surface area contributed by atoms with Crippen LogP contribution in [0.25, 0.3) is 11.4 Å². The van der Waals surface area contributed by atoms with E-state index in [-0.39, 0.29) is 28.0 Å². The molecule has 2 aliphatic rings. The second-order valence-corrected chi connectivity index (χ2v) is 16.3. The first kappa shape index (κ1) is 41.8. The molecule has 2 aromatic carbocycles. The fourth-order valence-corrected chi connectivity index (χ4v) is 7.73. The largest absolute Gasteiger partial charge is 0.388 e. The van der Waals surface area contributed by atoms with Crippen LogP contribution in [0.5, 0.6) is 0 Å². The van der Waals surface area contributed by atoms with Gasteiger partial charge in [-0.1, -0.05) is 76.3 Å². The number of aromatic amines is 1. The SMILES string of the molecule is CC(=N)N.CNS(=O)(=O)c1ccc(CC2CCCCC2)c(-c2n[nH]c(C)n2)c1.CNS(=O)(=O)c1ccc(CC2CCCCC2)c(C#N)c1.Cl. The van der Waals surface area contributed by atoms with Crippen molar-refractivity contribution in [1.82, 2.24) is 24.6 Å². The summed E-state index contributed by atoms with van der Waals surface area (Å²) in [5, 5.41) is 22.6. The van der Waals surface area contributed by atoms with E-state index in [4.69, 9.17) is 11.1 Å². The van der Waals surface area contributed by atoms with Gasteiger partial charge in [0.25, 0.3) is 0 Å². The number of nitrogens with zero attached hydrogens (tertiary/aromatic N) is 3. The molecule has 1 heterocycles. The molecule has 12 nitrogen and oxygen atoms in total. The minimum absolute atomic E-state index is 0. The van der Waals surface area contributed by atoms with E-state index in [0.29, 0.717) is 23.2 Å². The highest BCUT2D eigenvalue weighted by Gasteiger charge is 2.21. The number of rotatable bonds is 9. The van der Waals surface area contributed by atoms with Gasteiger partial charge in [0.05, 0.1) is 27.3 Å². The third kappa shape index (κ3) is 12.8. The number of hydrogen-bond acceptors (Lipinski definition) is 8. The van der Waals surface area contributed by atoms with Crippen LogP contribution in [0, 0.1) is 35.5 Å². The number of sulfonamides is 2. The monoisotopic (exact) mass is 734 g/mol. The fourth-order valence-electron chi connectivity index (χ4n) is 6.22. The Morgan fingerprint density at radius 3 is 1.76 bits per heavy atom. The second-order valence-electron chi connectivity index (χ2n) is 12.5. The van der Waals surface area contributed by atoms with Crippen LogP contribution in [-0.4, -0.2) is 51.9 Å². The highest BCUT2D eigenvalue weighted by Crippen LogP contribution is 2.32. The van der Waals surface area contributed by atoms with Crippen LogP contribution in [0.3, 0.4) is 0 Å². The topological polar surface area (TPSA) is 208 Å². The zero-order chi connectivity index (χ0) is 35.3. The van der Waals surface area contributed by atoms with Gasteiger partial charge in [-0.15, -0.1) is 12.4 Å². The molecule has 0 amide bonds. The number of halogens is 1. The van der Waals surface area contributed by atoms with Crippen molar-refractivity contribution in [3.63, 3.8) is 0 Å².